The lowest BCUT2D eigenvalue weighted by Gasteiger charge is -2.33. The highest BCUT2D eigenvalue weighted by molar-refractivity contribution is 5.91. The number of hydrogen-bond acceptors (Lipinski definition) is 5. The first-order chi connectivity index (χ1) is 11.6. The van der Waals surface area contributed by atoms with Crippen molar-refractivity contribution in [2.24, 2.45) is 7.05 Å². The average molecular weight is 325 g/mol. The minimum atomic E-state index is 0.116. The first-order valence-electron chi connectivity index (χ1n) is 7.98. The van der Waals surface area contributed by atoms with E-state index >= 15 is 0 Å². The summed E-state index contributed by atoms with van der Waals surface area (Å²) in [6, 6.07) is 8.05. The third-order valence-corrected chi connectivity index (χ3v) is 4.46. The molecule has 0 bridgehead atoms. The number of carbonyl (C=O) groups excluding carboxylic acids is 1. The fourth-order valence-corrected chi connectivity index (χ4v) is 3.11. The molecule has 0 radical (unpaired) electrons. The van der Waals surface area contributed by atoms with Crippen molar-refractivity contribution in [1.82, 2.24) is 29.9 Å². The molecule has 124 valence electrons. The second kappa shape index (κ2) is 5.63. The lowest BCUT2D eigenvalue weighted by Crippen LogP contribution is -2.48. The van der Waals surface area contributed by atoms with Crippen LogP contribution in [0.4, 0.5) is 5.95 Å². The monoisotopic (exact) mass is 325 g/mol. The van der Waals surface area contributed by atoms with Crippen molar-refractivity contribution >= 4 is 22.8 Å². The summed E-state index contributed by atoms with van der Waals surface area (Å²) < 4.78 is 1.85. The minimum Gasteiger partial charge on any atom is -0.339 e. The lowest BCUT2D eigenvalue weighted by atomic mass is 10.2. The van der Waals surface area contributed by atoms with Crippen molar-refractivity contribution in [3.63, 3.8) is 0 Å². The number of nitrogens with one attached hydrogen (secondary N) is 1. The van der Waals surface area contributed by atoms with E-state index in [2.05, 4.69) is 25.2 Å². The highest BCUT2D eigenvalue weighted by atomic mass is 16.2. The second-order valence-corrected chi connectivity index (χ2v) is 5.97. The van der Waals surface area contributed by atoms with Crippen molar-refractivity contribution in [3.8, 4) is 11.5 Å². The van der Waals surface area contributed by atoms with Crippen molar-refractivity contribution in [3.05, 3.63) is 24.3 Å². The number of aryl methyl sites for hydroxylation is 1. The molecule has 3 heterocycles. The van der Waals surface area contributed by atoms with Crippen LogP contribution in [-0.2, 0) is 11.8 Å². The van der Waals surface area contributed by atoms with E-state index < -0.39 is 0 Å². The Bertz CT molecular complexity index is 889. The molecule has 0 spiro atoms. The van der Waals surface area contributed by atoms with Gasteiger partial charge < -0.3 is 9.80 Å². The topological polar surface area (TPSA) is 82.9 Å². The number of para-hydroxylation sites is 1. The maximum Gasteiger partial charge on any atom is 0.245 e. The van der Waals surface area contributed by atoms with Gasteiger partial charge in [-0.05, 0) is 6.07 Å². The van der Waals surface area contributed by atoms with Gasteiger partial charge in [0.2, 0.25) is 11.9 Å². The number of carbonyl (C=O) groups is 1. The summed E-state index contributed by atoms with van der Waals surface area (Å²) in [4.78, 5) is 20.0. The Hall–Kier alpha value is -2.90. The van der Waals surface area contributed by atoms with Crippen LogP contribution in [0.15, 0.2) is 24.3 Å². The molecule has 4 rings (SSSR count). The summed E-state index contributed by atoms with van der Waals surface area (Å²) in [6.07, 6.45) is 0. The summed E-state index contributed by atoms with van der Waals surface area (Å²) in [7, 11) is 1.92. The van der Waals surface area contributed by atoms with Gasteiger partial charge >= 0.3 is 0 Å². The molecule has 0 atom stereocenters. The predicted octanol–water partition coefficient (Wildman–Crippen LogP) is 1.03. The molecule has 8 nitrogen and oxygen atoms in total. The Morgan fingerprint density at radius 2 is 1.92 bits per heavy atom. The predicted molar refractivity (Wildman–Crippen MR) is 90.6 cm³/mol. The van der Waals surface area contributed by atoms with E-state index in [9.17, 15) is 4.79 Å². The summed E-state index contributed by atoms with van der Waals surface area (Å²) in [5.74, 6) is 1.43. The van der Waals surface area contributed by atoms with Crippen LogP contribution in [0.5, 0.6) is 0 Å². The Morgan fingerprint density at radius 1 is 1.17 bits per heavy atom. The smallest absolute Gasteiger partial charge is 0.245 e. The molecule has 0 aliphatic carbocycles. The number of anilines is 1. The summed E-state index contributed by atoms with van der Waals surface area (Å²) in [5, 5.41) is 12.9. The fraction of sp³-hybridized carbons (Fsp3) is 0.375. The Morgan fingerprint density at radius 3 is 2.67 bits per heavy atom. The van der Waals surface area contributed by atoms with E-state index in [-0.39, 0.29) is 5.91 Å². The molecular weight excluding hydrogens is 306 g/mol. The summed E-state index contributed by atoms with van der Waals surface area (Å²) in [5.41, 5.74) is 1.86. The number of hydrogen-bond donors (Lipinski definition) is 1. The van der Waals surface area contributed by atoms with Crippen LogP contribution in [0, 0.1) is 0 Å². The SMILES string of the molecule is CC(=O)N1CCN(c2n[nH]c(-c3nn(C)c4ccccc34)n2)CC1. The van der Waals surface area contributed by atoms with Crippen LogP contribution < -0.4 is 4.90 Å². The molecule has 24 heavy (non-hydrogen) atoms. The standard InChI is InChI=1S/C16H19N7O/c1-11(24)22-7-9-23(10-8-22)16-17-15(18-19-16)14-12-5-3-4-6-13(12)21(2)20-14/h3-6H,7-10H2,1-2H3,(H,17,18,19). The van der Waals surface area contributed by atoms with Gasteiger partial charge in [-0.3, -0.25) is 14.6 Å². The zero-order valence-electron chi connectivity index (χ0n) is 13.7. The second-order valence-electron chi connectivity index (χ2n) is 5.97. The molecule has 3 aromatic rings. The van der Waals surface area contributed by atoms with Gasteiger partial charge in [0, 0.05) is 45.5 Å². The molecule has 8 heteroatoms. The number of piperazine rings is 1. The van der Waals surface area contributed by atoms with Crippen molar-refractivity contribution in [1.29, 1.82) is 0 Å². The summed E-state index contributed by atoms with van der Waals surface area (Å²) >= 11 is 0. The third-order valence-electron chi connectivity index (χ3n) is 4.46. The van der Waals surface area contributed by atoms with E-state index in [1.165, 1.54) is 0 Å². The number of nitrogens with zero attached hydrogens (tertiary/aromatic N) is 6. The highest BCUT2D eigenvalue weighted by Crippen LogP contribution is 2.26. The molecule has 1 amide bonds. The number of rotatable bonds is 2. The van der Waals surface area contributed by atoms with Crippen molar-refractivity contribution in [2.45, 2.75) is 6.92 Å². The Labute approximate surface area is 139 Å². The van der Waals surface area contributed by atoms with E-state index in [1.54, 1.807) is 6.92 Å². The molecule has 1 N–H and O–H groups in total. The van der Waals surface area contributed by atoms with Crippen molar-refractivity contribution < 1.29 is 4.79 Å². The number of fused-ring (bicyclic) bond motifs is 1. The van der Waals surface area contributed by atoms with Crippen LogP contribution in [0.3, 0.4) is 0 Å². The van der Waals surface area contributed by atoms with Crippen LogP contribution in [0.25, 0.3) is 22.4 Å². The average Bonchev–Trinajstić information content (AvgIpc) is 3.20. The fourth-order valence-electron chi connectivity index (χ4n) is 3.11. The van der Waals surface area contributed by atoms with Crippen molar-refractivity contribution in [2.75, 3.05) is 31.1 Å². The quantitative estimate of drug-likeness (QED) is 0.761. The highest BCUT2D eigenvalue weighted by Gasteiger charge is 2.22. The Kier molecular flexibility index (Phi) is 3.44. The normalized spacial score (nSPS) is 15.2. The summed E-state index contributed by atoms with van der Waals surface area (Å²) in [6.45, 7) is 4.48. The van der Waals surface area contributed by atoms with Gasteiger partial charge in [0.25, 0.3) is 0 Å². The molecule has 1 aromatic carbocycles. The van der Waals surface area contributed by atoms with Gasteiger partial charge in [-0.15, -0.1) is 5.10 Å². The van der Waals surface area contributed by atoms with Gasteiger partial charge in [-0.2, -0.15) is 10.1 Å². The molecule has 1 fully saturated rings. The van der Waals surface area contributed by atoms with Crippen LogP contribution >= 0.6 is 0 Å². The van der Waals surface area contributed by atoms with E-state index in [1.807, 2.05) is 40.9 Å². The third kappa shape index (κ3) is 2.40. The van der Waals surface area contributed by atoms with Gasteiger partial charge in [0.1, 0.15) is 5.69 Å². The van der Waals surface area contributed by atoms with Crippen LogP contribution in [0.1, 0.15) is 6.92 Å². The lowest BCUT2D eigenvalue weighted by molar-refractivity contribution is -0.129. The molecule has 0 saturated carbocycles. The zero-order chi connectivity index (χ0) is 16.7. The Balaban J connectivity index is 1.60. The van der Waals surface area contributed by atoms with Crippen LogP contribution in [0.2, 0.25) is 0 Å². The van der Waals surface area contributed by atoms with Gasteiger partial charge in [-0.1, -0.05) is 18.2 Å². The first kappa shape index (κ1) is 14.7. The molecule has 1 aliphatic heterocycles. The van der Waals surface area contributed by atoms with Crippen LogP contribution in [-0.4, -0.2) is 61.9 Å². The molecule has 0 unspecified atom stereocenters. The van der Waals surface area contributed by atoms with E-state index in [4.69, 9.17) is 0 Å². The number of aromatic amines is 1. The van der Waals surface area contributed by atoms with Gasteiger partial charge in [0.05, 0.1) is 5.52 Å². The maximum atomic E-state index is 11.4. The number of benzene rings is 1. The number of amides is 1. The molecular formula is C16H19N7O. The van der Waals surface area contributed by atoms with E-state index in [0.29, 0.717) is 24.9 Å². The largest absolute Gasteiger partial charge is 0.339 e. The van der Waals surface area contributed by atoms with Gasteiger partial charge in [-0.25, -0.2) is 0 Å². The zero-order valence-corrected chi connectivity index (χ0v) is 13.7. The number of H-pyrrole nitrogens is 1. The molecule has 1 saturated heterocycles. The maximum absolute atomic E-state index is 11.4. The molecule has 1 aliphatic rings. The number of aromatic nitrogens is 5. The first-order valence-corrected chi connectivity index (χ1v) is 7.98. The van der Waals surface area contributed by atoms with E-state index in [0.717, 1.165) is 29.7 Å². The van der Waals surface area contributed by atoms with Gasteiger partial charge in [0.15, 0.2) is 5.82 Å². The molecule has 2 aromatic heterocycles. The minimum absolute atomic E-state index is 0.116.